The number of nitrogens with one attached hydrogen (secondary N) is 1. The number of aromatic amines is 1. The van der Waals surface area contributed by atoms with Gasteiger partial charge in [0, 0.05) is 24.1 Å². The van der Waals surface area contributed by atoms with Gasteiger partial charge in [-0.1, -0.05) is 0 Å². The van der Waals surface area contributed by atoms with Crippen LogP contribution in [0, 0.1) is 0 Å². The molecule has 0 aliphatic rings. The van der Waals surface area contributed by atoms with Crippen molar-refractivity contribution in [2.45, 2.75) is 18.5 Å². The number of thioether (sulfide) groups is 1. The molecule has 10 nitrogen and oxygen atoms in total. The fraction of sp³-hybridized carbons (Fsp3) is 0.455. The molecule has 0 unspecified atom stereocenters. The number of nitrogens with zero attached hydrogens (tertiary/aromatic N) is 1. The predicted molar refractivity (Wildman–Crippen MR) is 78.5 cm³/mol. The fourth-order valence-electron chi connectivity index (χ4n) is 1.07. The first-order valence-corrected chi connectivity index (χ1v) is 7.13. The molecular formula is C11H18N4O6S. The number of imidazole rings is 1. The monoisotopic (exact) mass is 334 g/mol. The highest BCUT2D eigenvalue weighted by Gasteiger charge is 2.12. The van der Waals surface area contributed by atoms with E-state index in [0.717, 1.165) is 17.5 Å². The lowest BCUT2D eigenvalue weighted by Crippen LogP contribution is -2.32. The summed E-state index contributed by atoms with van der Waals surface area (Å²) in [5.74, 6) is -3.06. The lowest BCUT2D eigenvalue weighted by atomic mass is 10.2. The summed E-state index contributed by atoms with van der Waals surface area (Å²) in [4.78, 5) is 36.8. The highest BCUT2D eigenvalue weighted by molar-refractivity contribution is 8.00. The summed E-state index contributed by atoms with van der Waals surface area (Å²) in [6, 6.07) is -1.82. The van der Waals surface area contributed by atoms with E-state index >= 15 is 0 Å². The number of rotatable bonds is 8. The zero-order valence-electron chi connectivity index (χ0n) is 11.5. The van der Waals surface area contributed by atoms with Crippen molar-refractivity contribution in [1.29, 1.82) is 0 Å². The van der Waals surface area contributed by atoms with E-state index in [2.05, 4.69) is 9.97 Å². The SMILES string of the molecule is N[C@@H](Cc1cnc[nH]1)C(=O)O.N[C@H](CSCC(=O)O)C(=O)O. The molecule has 0 saturated carbocycles. The van der Waals surface area contributed by atoms with E-state index in [9.17, 15) is 14.4 Å². The molecule has 0 saturated heterocycles. The second-order valence-electron chi connectivity index (χ2n) is 4.08. The van der Waals surface area contributed by atoms with Gasteiger partial charge in [-0.2, -0.15) is 0 Å². The molecule has 0 amide bonds. The van der Waals surface area contributed by atoms with Crippen molar-refractivity contribution in [3.63, 3.8) is 0 Å². The van der Waals surface area contributed by atoms with Crippen molar-refractivity contribution in [3.05, 3.63) is 18.2 Å². The molecule has 8 N–H and O–H groups in total. The number of hydrogen-bond acceptors (Lipinski definition) is 7. The Morgan fingerprint density at radius 3 is 2.18 bits per heavy atom. The van der Waals surface area contributed by atoms with E-state index in [-0.39, 0.29) is 17.9 Å². The number of hydrogen-bond donors (Lipinski definition) is 6. The van der Waals surface area contributed by atoms with Crippen LogP contribution in [0.15, 0.2) is 12.5 Å². The Labute approximate surface area is 129 Å². The van der Waals surface area contributed by atoms with Crippen LogP contribution in [0.2, 0.25) is 0 Å². The van der Waals surface area contributed by atoms with Crippen LogP contribution in [0.25, 0.3) is 0 Å². The molecule has 2 atom stereocenters. The van der Waals surface area contributed by atoms with Crippen LogP contribution >= 0.6 is 11.8 Å². The number of carbonyl (C=O) groups is 3. The van der Waals surface area contributed by atoms with Crippen molar-refractivity contribution in [2.75, 3.05) is 11.5 Å². The van der Waals surface area contributed by atoms with Gasteiger partial charge >= 0.3 is 17.9 Å². The fourth-order valence-corrected chi connectivity index (χ4v) is 1.75. The van der Waals surface area contributed by atoms with E-state index in [0.29, 0.717) is 0 Å². The van der Waals surface area contributed by atoms with Gasteiger partial charge in [0.1, 0.15) is 12.1 Å². The minimum Gasteiger partial charge on any atom is -0.481 e. The third-order valence-electron chi connectivity index (χ3n) is 2.15. The van der Waals surface area contributed by atoms with Gasteiger partial charge in [-0.3, -0.25) is 14.4 Å². The Hall–Kier alpha value is -2.11. The van der Waals surface area contributed by atoms with Gasteiger partial charge in [-0.05, 0) is 0 Å². The van der Waals surface area contributed by atoms with Gasteiger partial charge in [0.25, 0.3) is 0 Å². The van der Waals surface area contributed by atoms with Crippen molar-refractivity contribution in [2.24, 2.45) is 11.5 Å². The number of nitrogens with two attached hydrogens (primary N) is 2. The number of aliphatic carboxylic acids is 3. The van der Waals surface area contributed by atoms with Crippen LogP contribution < -0.4 is 11.5 Å². The Bertz CT molecular complexity index is 481. The van der Waals surface area contributed by atoms with Crippen LogP contribution in [0.5, 0.6) is 0 Å². The van der Waals surface area contributed by atoms with Gasteiger partial charge in [0.05, 0.1) is 12.1 Å². The molecular weight excluding hydrogens is 316 g/mol. The summed E-state index contributed by atoms with van der Waals surface area (Å²) in [6.45, 7) is 0. The second kappa shape index (κ2) is 10.6. The van der Waals surface area contributed by atoms with Crippen molar-refractivity contribution < 1.29 is 29.7 Å². The highest BCUT2D eigenvalue weighted by atomic mass is 32.2. The molecule has 0 fully saturated rings. The molecule has 1 heterocycles. The van der Waals surface area contributed by atoms with Gasteiger partial charge in [-0.25, -0.2) is 4.98 Å². The first-order valence-electron chi connectivity index (χ1n) is 5.97. The van der Waals surface area contributed by atoms with Crippen molar-refractivity contribution in [3.8, 4) is 0 Å². The van der Waals surface area contributed by atoms with Gasteiger partial charge in [0.2, 0.25) is 0 Å². The maximum absolute atomic E-state index is 10.3. The van der Waals surface area contributed by atoms with Crippen LogP contribution in [-0.4, -0.2) is 66.8 Å². The lowest BCUT2D eigenvalue weighted by molar-refractivity contribution is -0.139. The van der Waals surface area contributed by atoms with Crippen LogP contribution in [-0.2, 0) is 20.8 Å². The van der Waals surface area contributed by atoms with E-state index < -0.39 is 30.0 Å². The first kappa shape index (κ1) is 19.9. The lowest BCUT2D eigenvalue weighted by Gasteiger charge is -2.02. The summed E-state index contributed by atoms with van der Waals surface area (Å²) in [6.07, 6.45) is 3.34. The molecule has 22 heavy (non-hydrogen) atoms. The molecule has 0 aliphatic carbocycles. The van der Waals surface area contributed by atoms with Crippen LogP contribution in [0.1, 0.15) is 5.69 Å². The minimum absolute atomic E-state index is 0.110. The third kappa shape index (κ3) is 9.74. The smallest absolute Gasteiger partial charge is 0.321 e. The number of carboxylic acids is 3. The predicted octanol–water partition coefficient (Wildman–Crippen LogP) is -1.42. The molecule has 0 aromatic carbocycles. The number of H-pyrrole nitrogens is 1. The molecule has 0 spiro atoms. The summed E-state index contributed by atoms with van der Waals surface area (Å²) in [7, 11) is 0. The summed E-state index contributed by atoms with van der Waals surface area (Å²) < 4.78 is 0. The second-order valence-corrected chi connectivity index (χ2v) is 5.11. The maximum atomic E-state index is 10.3. The third-order valence-corrected chi connectivity index (χ3v) is 3.20. The molecule has 11 heteroatoms. The summed E-state index contributed by atoms with van der Waals surface area (Å²) >= 11 is 0.992. The van der Waals surface area contributed by atoms with Crippen LogP contribution in [0.3, 0.4) is 0 Å². The largest absolute Gasteiger partial charge is 0.481 e. The standard InChI is InChI=1S/C6H9N3O2.C5H9NO4S/c7-5(6(10)11)1-4-2-8-3-9-4;6-3(5(9)10)1-11-2-4(7)8/h2-3,5H,1,7H2,(H,8,9)(H,10,11);3H,1-2,6H2,(H,7,8)(H,9,10)/t5-;3-/m01/s1. The number of carboxylic acid groups (broad SMARTS) is 3. The average Bonchev–Trinajstić information content (AvgIpc) is 2.91. The Kier molecular flexibility index (Phi) is 9.58. The van der Waals surface area contributed by atoms with Gasteiger partial charge < -0.3 is 31.8 Å². The summed E-state index contributed by atoms with van der Waals surface area (Å²) in [5.41, 5.74) is 11.1. The average molecular weight is 334 g/mol. The first-order chi connectivity index (χ1) is 10.2. The minimum atomic E-state index is -1.11. The van der Waals surface area contributed by atoms with Crippen molar-refractivity contribution in [1.82, 2.24) is 9.97 Å². The maximum Gasteiger partial charge on any atom is 0.321 e. The molecule has 1 rings (SSSR count). The van der Waals surface area contributed by atoms with Crippen LogP contribution in [0.4, 0.5) is 0 Å². The Morgan fingerprint density at radius 1 is 1.18 bits per heavy atom. The molecule has 1 aromatic rings. The molecule has 1 aromatic heterocycles. The summed E-state index contributed by atoms with van der Waals surface area (Å²) in [5, 5.41) is 24.8. The Morgan fingerprint density at radius 2 is 1.77 bits per heavy atom. The van der Waals surface area contributed by atoms with E-state index in [1.807, 2.05) is 0 Å². The molecule has 0 radical (unpaired) electrons. The van der Waals surface area contributed by atoms with Gasteiger partial charge in [-0.15, -0.1) is 11.8 Å². The van der Waals surface area contributed by atoms with E-state index in [1.165, 1.54) is 6.33 Å². The molecule has 0 aliphatic heterocycles. The highest BCUT2D eigenvalue weighted by Crippen LogP contribution is 2.00. The van der Waals surface area contributed by atoms with E-state index in [4.69, 9.17) is 26.8 Å². The Balaban J connectivity index is 0.000000401. The quantitative estimate of drug-likeness (QED) is 0.328. The normalized spacial score (nSPS) is 12.6. The van der Waals surface area contributed by atoms with Crippen molar-refractivity contribution >= 4 is 29.7 Å². The molecule has 124 valence electrons. The van der Waals surface area contributed by atoms with Gasteiger partial charge in [0.15, 0.2) is 0 Å². The molecule has 0 bridgehead atoms. The topological polar surface area (TPSA) is 193 Å². The zero-order valence-corrected chi connectivity index (χ0v) is 12.3. The zero-order chi connectivity index (χ0) is 17.1. The van der Waals surface area contributed by atoms with E-state index in [1.54, 1.807) is 6.20 Å². The number of aromatic nitrogens is 2.